The van der Waals surface area contributed by atoms with Crippen molar-refractivity contribution in [3.8, 4) is 0 Å². The number of nitrogens with two attached hydrogens (primary N) is 4. The van der Waals surface area contributed by atoms with Gasteiger partial charge >= 0.3 is 5.97 Å². The van der Waals surface area contributed by atoms with Gasteiger partial charge in [-0.2, -0.15) is 11.8 Å². The van der Waals surface area contributed by atoms with Crippen LogP contribution in [0.15, 0.2) is 4.99 Å². The molecule has 0 heterocycles. The number of carbonyl (C=O) groups is 4. The van der Waals surface area contributed by atoms with Gasteiger partial charge in [-0.1, -0.05) is 6.42 Å². The van der Waals surface area contributed by atoms with Crippen LogP contribution < -0.4 is 38.9 Å². The normalized spacial score (nSPS) is 15.0. The van der Waals surface area contributed by atoms with Crippen LogP contribution in [0.5, 0.6) is 0 Å². The summed E-state index contributed by atoms with van der Waals surface area (Å²) in [4.78, 5) is 53.7. The molecule has 208 valence electrons. The number of carbonyl (C=O) groups excluding carboxylic acids is 3. The van der Waals surface area contributed by atoms with E-state index in [2.05, 4.69) is 20.9 Å². The van der Waals surface area contributed by atoms with E-state index in [0.29, 0.717) is 25.1 Å². The van der Waals surface area contributed by atoms with E-state index in [9.17, 15) is 29.4 Å². The lowest BCUT2D eigenvalue weighted by Gasteiger charge is -2.25. The Kier molecular flexibility index (Phi) is 17.3. The zero-order valence-electron chi connectivity index (χ0n) is 20.9. The number of hydrogen-bond donors (Lipinski definition) is 9. The molecule has 0 fully saturated rings. The number of thioether (sulfide) groups is 1. The molecule has 0 aromatic heterocycles. The predicted octanol–water partition coefficient (Wildman–Crippen LogP) is -2.83. The molecule has 0 spiro atoms. The van der Waals surface area contributed by atoms with Crippen LogP contribution in [-0.2, 0) is 19.2 Å². The van der Waals surface area contributed by atoms with Crippen LogP contribution in [0.2, 0.25) is 0 Å². The zero-order chi connectivity index (χ0) is 27.7. The number of carboxylic acids is 1. The van der Waals surface area contributed by atoms with E-state index in [-0.39, 0.29) is 31.8 Å². The van der Waals surface area contributed by atoms with Crippen LogP contribution in [-0.4, -0.2) is 95.2 Å². The van der Waals surface area contributed by atoms with Crippen molar-refractivity contribution >= 4 is 41.4 Å². The van der Waals surface area contributed by atoms with Crippen LogP contribution in [0.25, 0.3) is 0 Å². The smallest absolute Gasteiger partial charge is 0.328 e. The molecule has 0 aliphatic carbocycles. The van der Waals surface area contributed by atoms with Gasteiger partial charge in [-0.3, -0.25) is 19.4 Å². The van der Waals surface area contributed by atoms with Crippen LogP contribution in [0.1, 0.15) is 45.4 Å². The summed E-state index contributed by atoms with van der Waals surface area (Å²) in [6.45, 7) is 1.87. The molecule has 0 aromatic carbocycles. The summed E-state index contributed by atoms with van der Waals surface area (Å²) in [7, 11) is 0. The molecular weight excluding hydrogens is 492 g/mol. The van der Waals surface area contributed by atoms with Gasteiger partial charge in [0.2, 0.25) is 17.7 Å². The third kappa shape index (κ3) is 14.1. The van der Waals surface area contributed by atoms with Gasteiger partial charge in [-0.25, -0.2) is 4.79 Å². The predicted molar refractivity (Wildman–Crippen MR) is 139 cm³/mol. The fourth-order valence-corrected chi connectivity index (χ4v) is 3.58. The van der Waals surface area contributed by atoms with E-state index in [0.717, 1.165) is 6.42 Å². The van der Waals surface area contributed by atoms with Crippen molar-refractivity contribution < 1.29 is 29.4 Å². The quantitative estimate of drug-likeness (QED) is 0.0463. The number of guanidine groups is 1. The molecule has 0 saturated heterocycles. The Labute approximate surface area is 215 Å². The van der Waals surface area contributed by atoms with Crippen LogP contribution >= 0.6 is 11.8 Å². The highest BCUT2D eigenvalue weighted by atomic mass is 32.2. The van der Waals surface area contributed by atoms with Gasteiger partial charge in [0.25, 0.3) is 0 Å². The molecule has 0 aliphatic rings. The fourth-order valence-electron chi connectivity index (χ4n) is 3.11. The Morgan fingerprint density at radius 2 is 1.50 bits per heavy atom. The fraction of sp³-hybridized carbons (Fsp3) is 0.762. The molecule has 5 unspecified atom stereocenters. The number of aliphatic imine (C=N–C) groups is 1. The number of aliphatic hydroxyl groups excluding tert-OH is 1. The molecule has 13 N–H and O–H groups in total. The van der Waals surface area contributed by atoms with Crippen molar-refractivity contribution in [3.05, 3.63) is 0 Å². The van der Waals surface area contributed by atoms with Gasteiger partial charge in [0.05, 0.1) is 12.1 Å². The van der Waals surface area contributed by atoms with E-state index in [4.69, 9.17) is 22.9 Å². The summed E-state index contributed by atoms with van der Waals surface area (Å²) in [5.74, 6) is -2.96. The molecule has 3 amide bonds. The average Bonchev–Trinajstić information content (AvgIpc) is 2.80. The van der Waals surface area contributed by atoms with E-state index in [1.165, 1.54) is 18.7 Å². The molecule has 0 rings (SSSR count). The maximum absolute atomic E-state index is 13.1. The summed E-state index contributed by atoms with van der Waals surface area (Å²) in [5, 5.41) is 26.4. The first-order valence-electron chi connectivity index (χ1n) is 11.8. The van der Waals surface area contributed by atoms with Crippen LogP contribution in [0, 0.1) is 0 Å². The van der Waals surface area contributed by atoms with Gasteiger partial charge < -0.3 is 49.1 Å². The Bertz CT molecular complexity index is 735. The Balaban J connectivity index is 5.51. The standard InChI is InChI=1S/C21H42N8O6S/c1-12(30)16(20(34)35)29-19(33)14(7-5-10-26-21(24)25)28-18(32)15(8-11-36-2)27-17(31)13(23)6-3-4-9-22/h12-16,30H,3-11,22-23H2,1-2H3,(H,27,31)(H,28,32)(H,29,33)(H,34,35)(H4,24,25,26). The lowest BCUT2D eigenvalue weighted by Crippen LogP contribution is -2.58. The molecule has 14 nitrogen and oxygen atoms in total. The number of carboxylic acid groups (broad SMARTS) is 1. The Morgan fingerprint density at radius 1 is 0.917 bits per heavy atom. The van der Waals surface area contributed by atoms with Crippen molar-refractivity contribution in [1.29, 1.82) is 0 Å². The van der Waals surface area contributed by atoms with Crippen molar-refractivity contribution in [2.75, 3.05) is 25.1 Å². The van der Waals surface area contributed by atoms with E-state index >= 15 is 0 Å². The van der Waals surface area contributed by atoms with Gasteiger partial charge in [-0.15, -0.1) is 0 Å². The first-order chi connectivity index (χ1) is 16.9. The number of unbranched alkanes of at least 4 members (excludes halogenated alkanes) is 1. The van der Waals surface area contributed by atoms with Gasteiger partial charge in [0, 0.05) is 6.54 Å². The summed E-state index contributed by atoms with van der Waals surface area (Å²) in [6.07, 6.45) is 2.90. The maximum atomic E-state index is 13.1. The number of amides is 3. The van der Waals surface area contributed by atoms with Gasteiger partial charge in [0.15, 0.2) is 12.0 Å². The number of nitrogens with one attached hydrogen (secondary N) is 3. The first-order valence-corrected chi connectivity index (χ1v) is 13.2. The third-order valence-corrected chi connectivity index (χ3v) is 5.82. The van der Waals surface area contributed by atoms with Crippen LogP contribution in [0.3, 0.4) is 0 Å². The van der Waals surface area contributed by atoms with Crippen molar-refractivity contribution in [2.45, 2.75) is 75.7 Å². The highest BCUT2D eigenvalue weighted by Crippen LogP contribution is 2.07. The largest absolute Gasteiger partial charge is 0.480 e. The number of aliphatic carboxylic acids is 1. The second-order valence-electron chi connectivity index (χ2n) is 8.31. The first kappa shape index (κ1) is 33.4. The van der Waals surface area contributed by atoms with Crippen molar-refractivity contribution in [1.82, 2.24) is 16.0 Å². The summed E-state index contributed by atoms with van der Waals surface area (Å²) in [6, 6.07) is -4.53. The summed E-state index contributed by atoms with van der Waals surface area (Å²) in [5.41, 5.74) is 22.0. The second kappa shape index (κ2) is 18.6. The number of aliphatic hydroxyl groups is 1. The monoisotopic (exact) mass is 534 g/mol. The Morgan fingerprint density at radius 3 is 2.03 bits per heavy atom. The third-order valence-electron chi connectivity index (χ3n) is 5.17. The highest BCUT2D eigenvalue weighted by molar-refractivity contribution is 7.98. The summed E-state index contributed by atoms with van der Waals surface area (Å²) >= 11 is 1.47. The minimum Gasteiger partial charge on any atom is -0.480 e. The maximum Gasteiger partial charge on any atom is 0.328 e. The molecule has 5 atom stereocenters. The van der Waals surface area contributed by atoms with E-state index < -0.39 is 54.0 Å². The van der Waals surface area contributed by atoms with Crippen molar-refractivity contribution in [2.24, 2.45) is 27.9 Å². The van der Waals surface area contributed by atoms with Crippen LogP contribution in [0.4, 0.5) is 0 Å². The molecule has 36 heavy (non-hydrogen) atoms. The van der Waals surface area contributed by atoms with E-state index in [1.54, 1.807) is 0 Å². The lowest BCUT2D eigenvalue weighted by atomic mass is 10.1. The molecule has 0 aromatic rings. The SMILES string of the molecule is CSCCC(NC(=O)C(N)CCCCN)C(=O)NC(CCCN=C(N)N)C(=O)NC(C(=O)O)C(C)O. The molecular formula is C21H42N8O6S. The minimum absolute atomic E-state index is 0.0717. The zero-order valence-corrected chi connectivity index (χ0v) is 21.8. The second-order valence-corrected chi connectivity index (χ2v) is 9.29. The number of rotatable bonds is 19. The Hall–Kier alpha value is -2.62. The topological polar surface area (TPSA) is 261 Å². The highest BCUT2D eigenvalue weighted by Gasteiger charge is 2.31. The number of hydrogen-bond acceptors (Lipinski definition) is 9. The van der Waals surface area contributed by atoms with Gasteiger partial charge in [-0.05, 0) is 57.6 Å². The molecule has 0 radical (unpaired) electrons. The van der Waals surface area contributed by atoms with E-state index in [1.807, 2.05) is 6.26 Å². The van der Waals surface area contributed by atoms with Crippen molar-refractivity contribution in [3.63, 3.8) is 0 Å². The minimum atomic E-state index is -1.58. The van der Waals surface area contributed by atoms with Gasteiger partial charge in [0.1, 0.15) is 12.1 Å². The molecule has 0 aliphatic heterocycles. The lowest BCUT2D eigenvalue weighted by molar-refractivity contribution is -0.145. The average molecular weight is 535 g/mol. The molecule has 15 heteroatoms. The molecule has 0 saturated carbocycles. The molecule has 0 bridgehead atoms. The number of nitrogens with zero attached hydrogens (tertiary/aromatic N) is 1. The summed E-state index contributed by atoms with van der Waals surface area (Å²) < 4.78 is 0.